The van der Waals surface area contributed by atoms with E-state index in [-0.39, 0.29) is 79.2 Å². The molecule has 383 valence electrons. The number of rotatable bonds is 16. The fourth-order valence-corrected chi connectivity index (χ4v) is 11.5. The van der Waals surface area contributed by atoms with E-state index in [1.165, 1.54) is 6.08 Å². The average molecular weight is 990 g/mol. The lowest BCUT2D eigenvalue weighted by Gasteiger charge is -2.46. The Balaban J connectivity index is 1.19. The van der Waals surface area contributed by atoms with Crippen LogP contribution in [0.4, 0.5) is 0 Å². The Labute approximate surface area is 425 Å². The first-order chi connectivity index (χ1) is 34.5. The van der Waals surface area contributed by atoms with Gasteiger partial charge in [0.25, 0.3) is 0 Å². The molecule has 0 spiro atoms. The smallest absolute Gasteiger partial charge is 0.330 e. The monoisotopic (exact) mass is 990 g/mol. The van der Waals surface area contributed by atoms with Crippen molar-refractivity contribution in [2.45, 2.75) is 198 Å². The van der Waals surface area contributed by atoms with Crippen molar-refractivity contribution in [3.63, 3.8) is 0 Å². The third-order valence-corrected chi connectivity index (χ3v) is 14.7. The maximum atomic E-state index is 13.9. The number of oxazole rings is 1. The van der Waals surface area contributed by atoms with Crippen LogP contribution in [0.5, 0.6) is 0 Å². The topological polar surface area (TPSA) is 168 Å². The summed E-state index contributed by atoms with van der Waals surface area (Å²) >= 11 is 0.938. The molecule has 1 amide bonds. The Morgan fingerprint density at radius 2 is 1.94 bits per heavy atom. The molecule has 70 heavy (non-hydrogen) atoms. The number of amides is 1. The summed E-state index contributed by atoms with van der Waals surface area (Å²) in [7, 11) is 1.14. The lowest BCUT2D eigenvalue weighted by Crippen LogP contribution is -2.52. The minimum atomic E-state index is -0.835. The summed E-state index contributed by atoms with van der Waals surface area (Å²) in [6.45, 7) is 18.1. The molecular formula is C55H78BN2O11S. The fourth-order valence-electron chi connectivity index (χ4n) is 11.2. The van der Waals surface area contributed by atoms with Gasteiger partial charge in [0, 0.05) is 37.2 Å². The zero-order valence-corrected chi connectivity index (χ0v) is 43.1. The highest BCUT2D eigenvalue weighted by Crippen LogP contribution is 2.41. The van der Waals surface area contributed by atoms with Gasteiger partial charge in [-0.05, 0) is 103 Å². The minimum Gasteiger partial charge on any atom is -0.458 e. The second kappa shape index (κ2) is 26.3. The fraction of sp³-hybridized carbons (Fsp3) is 0.655. The molecule has 3 N–H and O–H groups in total. The molecule has 5 aliphatic rings. The molecule has 6 heterocycles. The van der Waals surface area contributed by atoms with E-state index in [2.05, 4.69) is 44.7 Å². The lowest BCUT2D eigenvalue weighted by molar-refractivity contribution is -0.183. The largest absolute Gasteiger partial charge is 0.458 e. The number of hydrogen-bond donors (Lipinski definition) is 3. The molecule has 8 bridgehead atoms. The van der Waals surface area contributed by atoms with Crippen LogP contribution in [0.25, 0.3) is 6.08 Å². The zero-order valence-electron chi connectivity index (χ0n) is 44.3. The third kappa shape index (κ3) is 15.9. The molecular weight excluding hydrogens is 907 g/mol. The number of aliphatic hydroxyl groups excluding tert-OH is 2. The molecule has 15 heteroatoms. The Kier molecular flexibility index (Phi) is 19.8. The van der Waals surface area contributed by atoms with Gasteiger partial charge in [0.15, 0.2) is 0 Å². The summed E-state index contributed by atoms with van der Waals surface area (Å²) in [5, 5.41) is 18.9. The number of terminal acetylenes is 1. The SMILES string of the molecule is [3H][B]SO[C@H](/C=C(C)/C=C/[C@H](C)CC#C)[C@H]1C[C@@H](C)C[C@@](C)(CC(=O)N[C@H](/C=C(\C)[C@@H]2O[C@@H]3C/C=C/c4nc(co4)[C@H]4C[C@H](O[3H])C[C@@H](C[C@H]5CC(=C)C[C@H](C/C=C\C(=O)O[C@H]([C@H]2C)[C@H]3CC)O5)O4)CO)O1. The highest BCUT2D eigenvalue weighted by Gasteiger charge is 2.46. The van der Waals surface area contributed by atoms with Gasteiger partial charge in [0.05, 0.1) is 67.4 Å². The maximum Gasteiger partial charge on any atom is 0.330 e. The van der Waals surface area contributed by atoms with Crippen LogP contribution in [0.1, 0.15) is 143 Å². The molecule has 6 rings (SSSR count). The second-order valence-electron chi connectivity index (χ2n) is 20.8. The summed E-state index contributed by atoms with van der Waals surface area (Å²) in [5.41, 5.74) is 2.61. The summed E-state index contributed by atoms with van der Waals surface area (Å²) in [4.78, 5) is 32.4. The van der Waals surface area contributed by atoms with E-state index in [9.17, 15) is 14.7 Å². The van der Waals surface area contributed by atoms with Crippen molar-refractivity contribution < 1.29 is 52.1 Å². The van der Waals surface area contributed by atoms with Gasteiger partial charge in [-0.15, -0.1) is 12.3 Å². The molecule has 0 unspecified atom stereocenters. The molecule has 16 atom stereocenters. The number of carbonyl (C=O) groups excluding carboxylic acids is 2. The van der Waals surface area contributed by atoms with E-state index >= 15 is 0 Å². The van der Waals surface area contributed by atoms with Crippen LogP contribution in [0.3, 0.4) is 0 Å². The predicted molar refractivity (Wildman–Crippen MR) is 274 cm³/mol. The second-order valence-corrected chi connectivity index (χ2v) is 21.2. The minimum absolute atomic E-state index is 0.0465. The number of aromatic nitrogens is 1. The van der Waals surface area contributed by atoms with Gasteiger partial charge in [-0.25, -0.2) is 9.78 Å². The molecule has 1 radical (unpaired) electrons. The Hall–Kier alpha value is -3.72. The van der Waals surface area contributed by atoms with E-state index < -0.39 is 42.0 Å². The van der Waals surface area contributed by atoms with E-state index in [1.807, 2.05) is 58.1 Å². The van der Waals surface area contributed by atoms with Crippen LogP contribution >= 0.6 is 11.9 Å². The van der Waals surface area contributed by atoms with Crippen molar-refractivity contribution in [3.8, 4) is 12.3 Å². The van der Waals surface area contributed by atoms with Crippen LogP contribution in [0.15, 0.2) is 76.5 Å². The summed E-state index contributed by atoms with van der Waals surface area (Å²) in [5.74, 6) is 2.34. The van der Waals surface area contributed by atoms with Crippen molar-refractivity contribution in [1.29, 1.82) is 2.77 Å². The van der Waals surface area contributed by atoms with E-state index in [0.717, 1.165) is 35.7 Å². The van der Waals surface area contributed by atoms with Crippen molar-refractivity contribution in [3.05, 3.63) is 83.7 Å². The third-order valence-electron chi connectivity index (χ3n) is 14.3. The van der Waals surface area contributed by atoms with Crippen LogP contribution in [-0.2, 0) is 37.5 Å². The number of carbonyl (C=O) groups is 2. The number of allylic oxidation sites excluding steroid dienone is 3. The van der Waals surface area contributed by atoms with Crippen molar-refractivity contribution >= 4 is 36.9 Å². The number of aliphatic hydroxyl groups is 2. The van der Waals surface area contributed by atoms with E-state index in [4.69, 9.17) is 51.6 Å². The number of esters is 1. The number of nitrogens with one attached hydrogen (secondary N) is 1. The van der Waals surface area contributed by atoms with Gasteiger partial charge < -0.3 is 47.8 Å². The average Bonchev–Trinajstić information content (AvgIpc) is 3.81. The Bertz CT molecular complexity index is 2160. The quantitative estimate of drug-likeness (QED) is 0.0359. The van der Waals surface area contributed by atoms with Gasteiger partial charge in [-0.2, -0.15) is 0 Å². The number of ether oxygens (including phenoxy) is 5. The highest BCUT2D eigenvalue weighted by atomic mass is 32.2. The number of nitrogens with zero attached hydrogens (tertiary/aromatic N) is 1. The van der Waals surface area contributed by atoms with Crippen LogP contribution in [0.2, 0.25) is 0 Å². The molecule has 1 aromatic rings. The number of fused-ring (bicyclic) bond motifs is 9. The van der Waals surface area contributed by atoms with Crippen molar-refractivity contribution in [2.24, 2.45) is 23.7 Å². The summed E-state index contributed by atoms with van der Waals surface area (Å²) in [6.07, 6.45) is 25.2. The zero-order chi connectivity index (χ0) is 52.0. The molecule has 5 aliphatic heterocycles. The van der Waals surface area contributed by atoms with Gasteiger partial charge in [0.2, 0.25) is 20.3 Å². The van der Waals surface area contributed by atoms with Crippen LogP contribution in [-0.4, -0.2) is 110 Å². The lowest BCUT2D eigenvalue weighted by atomic mass is 9.77. The van der Waals surface area contributed by atoms with Crippen molar-refractivity contribution in [1.82, 2.24) is 10.3 Å². The van der Waals surface area contributed by atoms with Gasteiger partial charge in [0.1, 0.15) is 30.3 Å². The van der Waals surface area contributed by atoms with Gasteiger partial charge in [-0.1, -0.05) is 87.7 Å². The first-order valence-corrected chi connectivity index (χ1v) is 26.1. The Morgan fingerprint density at radius 3 is 2.70 bits per heavy atom. The molecule has 0 saturated carbocycles. The Morgan fingerprint density at radius 1 is 1.14 bits per heavy atom. The maximum absolute atomic E-state index is 13.9. The van der Waals surface area contributed by atoms with Crippen LogP contribution in [0, 0.1) is 36.0 Å². The highest BCUT2D eigenvalue weighted by molar-refractivity contribution is 8.15. The summed E-state index contributed by atoms with van der Waals surface area (Å²) in [6, 6.07) is -0.742. The molecule has 0 aliphatic carbocycles. The van der Waals surface area contributed by atoms with Crippen molar-refractivity contribution in [2.75, 3.05) is 6.61 Å². The van der Waals surface area contributed by atoms with Gasteiger partial charge in [-0.3, -0.25) is 4.79 Å². The molecule has 4 saturated heterocycles. The normalized spacial score (nSPS) is 36.2. The standard InChI is InChI=1S/C55H78BN2O11S/c1-10-14-33(3)19-20-34(4)23-49(69-70-56)48-24-36(6)29-55(9,68-48)30-50(61)57-39(31-59)25-37(7)53-38(8)54-44(11-2)46(66-53)16-13-17-51-58-45(32-63-51)47-27-40(60)26-43(65-47)28-42-22-35(5)21-41(64-42)15-12-18-52(62)67-54/h1,12-13,17-20,23,25,32-33,36,38-44,46-49,53-54,56,59-60H,5,11,14-16,21-22,24,26-31H2,2-4,6-9H3,(H,57,61)/b17-13+,18-12-,20-19+,34-23+,37-25+/t33-,36-,38+,39-,40-,41+,42-,43+,44+,46-,47-,48-,49-,53+,54-,55+/m1/s1/i56T,60T. The van der Waals surface area contributed by atoms with E-state index in [0.29, 0.717) is 82.2 Å². The summed E-state index contributed by atoms with van der Waals surface area (Å²) < 4.78 is 60.4. The first kappa shape index (κ1) is 52.6. The number of hydrogen-bond acceptors (Lipinski definition) is 13. The van der Waals surface area contributed by atoms with Crippen LogP contribution < -0.4 is 5.32 Å². The first-order valence-electron chi connectivity index (χ1n) is 26.3. The molecule has 0 aromatic carbocycles. The molecule has 13 nitrogen and oxygen atoms in total. The molecule has 1 aromatic heterocycles. The van der Waals surface area contributed by atoms with Gasteiger partial charge >= 0.3 is 5.97 Å². The predicted octanol–water partition coefficient (Wildman–Crippen LogP) is 8.85. The molecule has 4 fully saturated rings. The van der Waals surface area contributed by atoms with E-state index in [1.54, 1.807) is 12.3 Å².